The lowest BCUT2D eigenvalue weighted by molar-refractivity contribution is 0.506. The summed E-state index contributed by atoms with van der Waals surface area (Å²) in [5.74, 6) is -1.61. The molecule has 0 aliphatic heterocycles. The molecular formula is C16H17F2N. The minimum Gasteiger partial charge on any atom is -0.309 e. The van der Waals surface area contributed by atoms with Gasteiger partial charge in [0.25, 0.3) is 0 Å². The predicted octanol–water partition coefficient (Wildman–Crippen LogP) is 3.87. The van der Waals surface area contributed by atoms with Gasteiger partial charge in [0, 0.05) is 13.1 Å². The van der Waals surface area contributed by atoms with Gasteiger partial charge >= 0.3 is 0 Å². The summed E-state index contributed by atoms with van der Waals surface area (Å²) < 4.78 is 25.8. The molecule has 2 aromatic carbocycles. The van der Waals surface area contributed by atoms with Crippen LogP contribution in [0.2, 0.25) is 0 Å². The average Bonchev–Trinajstić information content (AvgIpc) is 2.38. The van der Waals surface area contributed by atoms with Crippen LogP contribution in [0.3, 0.4) is 0 Å². The molecule has 0 spiro atoms. The summed E-state index contributed by atoms with van der Waals surface area (Å²) in [6.45, 7) is 5.38. The summed E-state index contributed by atoms with van der Waals surface area (Å²) >= 11 is 0. The van der Waals surface area contributed by atoms with E-state index in [1.54, 1.807) is 6.07 Å². The zero-order valence-corrected chi connectivity index (χ0v) is 11.1. The zero-order valence-electron chi connectivity index (χ0n) is 11.1. The zero-order chi connectivity index (χ0) is 13.8. The molecule has 0 aliphatic carbocycles. The molecule has 0 atom stereocenters. The van der Waals surface area contributed by atoms with Crippen LogP contribution in [0.25, 0.3) is 0 Å². The average molecular weight is 261 g/mol. The van der Waals surface area contributed by atoms with Gasteiger partial charge in [-0.3, -0.25) is 0 Å². The summed E-state index contributed by atoms with van der Waals surface area (Å²) in [5.41, 5.74) is 4.45. The van der Waals surface area contributed by atoms with Crippen LogP contribution in [0.15, 0.2) is 36.4 Å². The molecule has 0 aromatic heterocycles. The largest absolute Gasteiger partial charge is 0.309 e. The SMILES string of the molecule is Cc1ccc(CNCc2ccc(F)c(F)c2)cc1C. The number of rotatable bonds is 4. The van der Waals surface area contributed by atoms with Crippen molar-refractivity contribution in [1.29, 1.82) is 0 Å². The Labute approximate surface area is 112 Å². The summed E-state index contributed by atoms with van der Waals surface area (Å²) in [6.07, 6.45) is 0. The number of hydrogen-bond donors (Lipinski definition) is 1. The van der Waals surface area contributed by atoms with Crippen molar-refractivity contribution in [3.8, 4) is 0 Å². The van der Waals surface area contributed by atoms with Crippen molar-refractivity contribution in [2.45, 2.75) is 26.9 Å². The second kappa shape index (κ2) is 5.93. The summed E-state index contributed by atoms with van der Waals surface area (Å²) in [7, 11) is 0. The van der Waals surface area contributed by atoms with Crippen LogP contribution in [0.5, 0.6) is 0 Å². The molecule has 1 nitrogen and oxygen atoms in total. The Kier molecular flexibility index (Phi) is 4.27. The third kappa shape index (κ3) is 3.61. The van der Waals surface area contributed by atoms with Crippen LogP contribution in [0.1, 0.15) is 22.3 Å². The Hall–Kier alpha value is -1.74. The molecule has 2 rings (SSSR count). The second-order valence-electron chi connectivity index (χ2n) is 4.77. The lowest BCUT2D eigenvalue weighted by Crippen LogP contribution is -2.13. The number of hydrogen-bond acceptors (Lipinski definition) is 1. The summed E-state index contributed by atoms with van der Waals surface area (Å²) in [4.78, 5) is 0. The molecule has 100 valence electrons. The van der Waals surface area contributed by atoms with Gasteiger partial charge in [0.1, 0.15) is 0 Å². The lowest BCUT2D eigenvalue weighted by Gasteiger charge is -2.08. The highest BCUT2D eigenvalue weighted by Gasteiger charge is 2.02. The second-order valence-corrected chi connectivity index (χ2v) is 4.77. The molecule has 0 fully saturated rings. The van der Waals surface area contributed by atoms with Crippen molar-refractivity contribution in [3.05, 3.63) is 70.3 Å². The third-order valence-corrected chi connectivity index (χ3v) is 3.21. The number of aryl methyl sites for hydroxylation is 2. The van der Waals surface area contributed by atoms with Gasteiger partial charge in [-0.15, -0.1) is 0 Å². The third-order valence-electron chi connectivity index (χ3n) is 3.21. The Morgan fingerprint density at radius 3 is 2.05 bits per heavy atom. The van der Waals surface area contributed by atoms with E-state index in [1.165, 1.54) is 22.8 Å². The fourth-order valence-electron chi connectivity index (χ4n) is 1.91. The van der Waals surface area contributed by atoms with E-state index in [-0.39, 0.29) is 0 Å². The van der Waals surface area contributed by atoms with Crippen molar-refractivity contribution in [2.24, 2.45) is 0 Å². The minimum absolute atomic E-state index is 0.518. The van der Waals surface area contributed by atoms with Gasteiger partial charge in [0.2, 0.25) is 0 Å². The van der Waals surface area contributed by atoms with Gasteiger partial charge in [-0.05, 0) is 48.2 Å². The van der Waals surface area contributed by atoms with E-state index >= 15 is 0 Å². The summed E-state index contributed by atoms with van der Waals surface area (Å²) in [5, 5.41) is 3.22. The topological polar surface area (TPSA) is 12.0 Å². The van der Waals surface area contributed by atoms with Crippen LogP contribution < -0.4 is 5.32 Å². The van der Waals surface area contributed by atoms with E-state index < -0.39 is 11.6 Å². The Morgan fingerprint density at radius 1 is 0.789 bits per heavy atom. The van der Waals surface area contributed by atoms with Crippen molar-refractivity contribution >= 4 is 0 Å². The first-order valence-corrected chi connectivity index (χ1v) is 6.27. The van der Waals surface area contributed by atoms with Crippen molar-refractivity contribution < 1.29 is 8.78 Å². The highest BCUT2D eigenvalue weighted by molar-refractivity contribution is 5.29. The highest BCUT2D eigenvalue weighted by atomic mass is 19.2. The van der Waals surface area contributed by atoms with E-state index in [1.807, 2.05) is 0 Å². The van der Waals surface area contributed by atoms with E-state index in [0.717, 1.165) is 11.6 Å². The van der Waals surface area contributed by atoms with Gasteiger partial charge in [-0.2, -0.15) is 0 Å². The molecule has 0 aliphatic rings. The maximum atomic E-state index is 13.0. The first-order chi connectivity index (χ1) is 9.06. The lowest BCUT2D eigenvalue weighted by atomic mass is 10.1. The van der Waals surface area contributed by atoms with E-state index in [9.17, 15) is 8.78 Å². The molecule has 2 aromatic rings. The maximum Gasteiger partial charge on any atom is 0.159 e. The van der Waals surface area contributed by atoms with Crippen LogP contribution in [-0.4, -0.2) is 0 Å². The van der Waals surface area contributed by atoms with Crippen molar-refractivity contribution in [1.82, 2.24) is 5.32 Å². The highest BCUT2D eigenvalue weighted by Crippen LogP contribution is 2.11. The van der Waals surface area contributed by atoms with E-state index in [2.05, 4.69) is 37.4 Å². The van der Waals surface area contributed by atoms with Crippen LogP contribution in [-0.2, 0) is 13.1 Å². The molecule has 3 heteroatoms. The number of halogens is 2. The van der Waals surface area contributed by atoms with E-state index in [0.29, 0.717) is 13.1 Å². The Balaban J connectivity index is 1.92. The normalized spacial score (nSPS) is 10.7. The van der Waals surface area contributed by atoms with Gasteiger partial charge < -0.3 is 5.32 Å². The quantitative estimate of drug-likeness (QED) is 0.881. The number of nitrogens with one attached hydrogen (secondary N) is 1. The molecule has 0 heterocycles. The van der Waals surface area contributed by atoms with E-state index in [4.69, 9.17) is 0 Å². The monoisotopic (exact) mass is 261 g/mol. The Morgan fingerprint density at radius 2 is 1.42 bits per heavy atom. The van der Waals surface area contributed by atoms with Crippen LogP contribution >= 0.6 is 0 Å². The van der Waals surface area contributed by atoms with Gasteiger partial charge in [-0.25, -0.2) is 8.78 Å². The summed E-state index contributed by atoms with van der Waals surface area (Å²) in [6, 6.07) is 10.3. The van der Waals surface area contributed by atoms with Crippen molar-refractivity contribution in [2.75, 3.05) is 0 Å². The van der Waals surface area contributed by atoms with Crippen LogP contribution in [0, 0.1) is 25.5 Å². The number of benzene rings is 2. The molecule has 0 saturated heterocycles. The molecule has 0 unspecified atom stereocenters. The first kappa shape index (κ1) is 13.7. The maximum absolute atomic E-state index is 13.0. The smallest absolute Gasteiger partial charge is 0.159 e. The van der Waals surface area contributed by atoms with Crippen LogP contribution in [0.4, 0.5) is 8.78 Å². The minimum atomic E-state index is -0.807. The molecule has 0 radical (unpaired) electrons. The van der Waals surface area contributed by atoms with Gasteiger partial charge in [0.15, 0.2) is 11.6 Å². The fourth-order valence-corrected chi connectivity index (χ4v) is 1.91. The first-order valence-electron chi connectivity index (χ1n) is 6.27. The molecule has 0 saturated carbocycles. The van der Waals surface area contributed by atoms with Gasteiger partial charge in [0.05, 0.1) is 0 Å². The van der Waals surface area contributed by atoms with Crippen molar-refractivity contribution in [3.63, 3.8) is 0 Å². The van der Waals surface area contributed by atoms with Gasteiger partial charge in [-0.1, -0.05) is 24.3 Å². The standard InChI is InChI=1S/C16H17F2N/c1-11-3-4-13(7-12(11)2)9-19-10-14-5-6-15(17)16(18)8-14/h3-8,19H,9-10H2,1-2H3. The molecular weight excluding hydrogens is 244 g/mol. The molecule has 0 bridgehead atoms. The fraction of sp³-hybridized carbons (Fsp3) is 0.250. The molecule has 0 amide bonds. The predicted molar refractivity (Wildman–Crippen MR) is 72.8 cm³/mol. The Bertz CT molecular complexity index is 527. The molecule has 19 heavy (non-hydrogen) atoms. The molecule has 1 N–H and O–H groups in total.